The van der Waals surface area contributed by atoms with E-state index in [1.165, 1.54) is 24.3 Å². The van der Waals surface area contributed by atoms with Crippen LogP contribution in [0.4, 0.5) is 11.4 Å². The van der Waals surface area contributed by atoms with Crippen molar-refractivity contribution >= 4 is 32.3 Å². The molecule has 0 saturated carbocycles. The quantitative estimate of drug-likeness (QED) is 0.409. The molecule has 0 aliphatic carbocycles. The van der Waals surface area contributed by atoms with E-state index in [0.29, 0.717) is 5.69 Å². The number of hydrogen-bond donors (Lipinski definition) is 0. The molecule has 3 rings (SSSR count). The summed E-state index contributed by atoms with van der Waals surface area (Å²) in [7, 11) is -4.44. The number of hydrogen-bond acceptors (Lipinski definition) is 5. The molecule has 5 nitrogen and oxygen atoms in total. The van der Waals surface area contributed by atoms with Gasteiger partial charge in [-0.05, 0) is 35.7 Å². The largest absolute Gasteiger partial charge is 1.00 e. The molecule has 0 aromatic heterocycles. The Bertz CT molecular complexity index is 949. The molecular formula is C16H11N2NaO3S. The Kier molecular flexibility index (Phi) is 5.67. The average molecular weight is 334 g/mol. The summed E-state index contributed by atoms with van der Waals surface area (Å²) in [4.78, 5) is -0.281. The minimum atomic E-state index is -4.44. The first-order valence-corrected chi connectivity index (χ1v) is 7.90. The Balaban J connectivity index is 0.00000192. The zero-order valence-electron chi connectivity index (χ0n) is 12.4. The van der Waals surface area contributed by atoms with Crippen LogP contribution in [-0.4, -0.2) is 13.0 Å². The van der Waals surface area contributed by atoms with Gasteiger partial charge in [0, 0.05) is 5.39 Å². The molecule has 0 aliphatic heterocycles. The SMILES string of the molecule is O=S(=O)([O-])c1ccc(/N=N/c2cccc3ccccc23)cc1.[Na+]. The van der Waals surface area contributed by atoms with Crippen LogP contribution in [-0.2, 0) is 10.1 Å². The van der Waals surface area contributed by atoms with Gasteiger partial charge in [-0.25, -0.2) is 8.42 Å². The maximum absolute atomic E-state index is 10.9. The van der Waals surface area contributed by atoms with Crippen molar-refractivity contribution in [2.75, 3.05) is 0 Å². The maximum atomic E-state index is 10.9. The van der Waals surface area contributed by atoms with Crippen molar-refractivity contribution in [3.63, 3.8) is 0 Å². The third-order valence-corrected chi connectivity index (χ3v) is 4.01. The van der Waals surface area contributed by atoms with Crippen LogP contribution in [0.2, 0.25) is 0 Å². The number of benzene rings is 3. The first kappa shape index (κ1) is 17.8. The summed E-state index contributed by atoms with van der Waals surface area (Å²) in [5.74, 6) is 0. The van der Waals surface area contributed by atoms with Gasteiger partial charge in [-0.3, -0.25) is 0 Å². The molecule has 0 unspecified atom stereocenters. The van der Waals surface area contributed by atoms with E-state index < -0.39 is 10.1 Å². The zero-order chi connectivity index (χ0) is 15.6. The molecule has 0 atom stereocenters. The topological polar surface area (TPSA) is 81.9 Å². The monoisotopic (exact) mass is 334 g/mol. The second-order valence-electron chi connectivity index (χ2n) is 4.65. The molecule has 0 spiro atoms. The molecule has 7 heteroatoms. The zero-order valence-corrected chi connectivity index (χ0v) is 15.2. The van der Waals surface area contributed by atoms with E-state index in [9.17, 15) is 13.0 Å². The van der Waals surface area contributed by atoms with Crippen LogP contribution in [0.5, 0.6) is 0 Å². The minimum Gasteiger partial charge on any atom is -0.744 e. The Morgan fingerprint density at radius 1 is 0.783 bits per heavy atom. The van der Waals surface area contributed by atoms with E-state index in [1.54, 1.807) is 0 Å². The minimum absolute atomic E-state index is 0. The molecule has 0 saturated heterocycles. The Hall–Kier alpha value is -1.57. The number of fused-ring (bicyclic) bond motifs is 1. The van der Waals surface area contributed by atoms with Gasteiger partial charge in [0.15, 0.2) is 0 Å². The van der Waals surface area contributed by atoms with Crippen LogP contribution in [0.15, 0.2) is 81.9 Å². The number of rotatable bonds is 3. The molecule has 23 heavy (non-hydrogen) atoms. The summed E-state index contributed by atoms with van der Waals surface area (Å²) in [6, 6.07) is 18.9. The normalized spacial score (nSPS) is 11.5. The van der Waals surface area contributed by atoms with Gasteiger partial charge in [0.2, 0.25) is 0 Å². The molecule has 0 fully saturated rings. The number of azo groups is 1. The van der Waals surface area contributed by atoms with Gasteiger partial charge in [0.05, 0.1) is 16.3 Å². The van der Waals surface area contributed by atoms with E-state index in [0.717, 1.165) is 16.5 Å². The molecule has 0 amide bonds. The van der Waals surface area contributed by atoms with Crippen LogP contribution >= 0.6 is 0 Å². The van der Waals surface area contributed by atoms with Gasteiger partial charge in [-0.1, -0.05) is 36.4 Å². The number of nitrogens with zero attached hydrogens (tertiary/aromatic N) is 2. The Morgan fingerprint density at radius 2 is 1.43 bits per heavy atom. The fourth-order valence-corrected chi connectivity index (χ4v) is 2.56. The fourth-order valence-electron chi connectivity index (χ4n) is 2.09. The molecular weight excluding hydrogens is 323 g/mol. The summed E-state index contributed by atoms with van der Waals surface area (Å²) in [6.07, 6.45) is 0. The maximum Gasteiger partial charge on any atom is 1.00 e. The first-order valence-electron chi connectivity index (χ1n) is 6.49. The smallest absolute Gasteiger partial charge is 0.744 e. The Morgan fingerprint density at radius 3 is 2.13 bits per heavy atom. The first-order chi connectivity index (χ1) is 10.5. The summed E-state index contributed by atoms with van der Waals surface area (Å²) < 4.78 is 32.6. The van der Waals surface area contributed by atoms with E-state index in [2.05, 4.69) is 10.2 Å². The van der Waals surface area contributed by atoms with Crippen LogP contribution < -0.4 is 29.6 Å². The van der Waals surface area contributed by atoms with E-state index in [1.807, 2.05) is 42.5 Å². The summed E-state index contributed by atoms with van der Waals surface area (Å²) >= 11 is 0. The molecule has 110 valence electrons. The second-order valence-corrected chi connectivity index (χ2v) is 6.03. The van der Waals surface area contributed by atoms with Crippen molar-refractivity contribution < 1.29 is 42.5 Å². The van der Waals surface area contributed by atoms with Crippen molar-refractivity contribution in [1.29, 1.82) is 0 Å². The molecule has 3 aromatic rings. The van der Waals surface area contributed by atoms with Crippen molar-refractivity contribution in [2.24, 2.45) is 10.2 Å². The molecule has 0 N–H and O–H groups in total. The van der Waals surface area contributed by atoms with Crippen molar-refractivity contribution in [2.45, 2.75) is 4.90 Å². The van der Waals surface area contributed by atoms with E-state index in [-0.39, 0.29) is 34.5 Å². The van der Waals surface area contributed by atoms with Crippen molar-refractivity contribution in [3.05, 3.63) is 66.7 Å². The van der Waals surface area contributed by atoms with Gasteiger partial charge < -0.3 is 4.55 Å². The summed E-state index contributed by atoms with van der Waals surface area (Å²) in [5.41, 5.74) is 1.19. The standard InChI is InChI=1S/C16H12N2O3S.Na/c19-22(20,21)14-10-8-13(9-11-14)17-18-16-7-3-5-12-4-1-2-6-15(12)16;/h1-11H,(H,19,20,21);/q;+1/p-1/b18-17+;. The van der Waals surface area contributed by atoms with Gasteiger partial charge in [-0.15, -0.1) is 5.11 Å². The predicted molar refractivity (Wildman–Crippen MR) is 82.5 cm³/mol. The van der Waals surface area contributed by atoms with Crippen LogP contribution in [0.25, 0.3) is 10.8 Å². The van der Waals surface area contributed by atoms with Crippen LogP contribution in [0, 0.1) is 0 Å². The van der Waals surface area contributed by atoms with Crippen molar-refractivity contribution in [1.82, 2.24) is 0 Å². The van der Waals surface area contributed by atoms with Gasteiger partial charge in [0.1, 0.15) is 10.1 Å². The third-order valence-electron chi connectivity index (χ3n) is 3.17. The van der Waals surface area contributed by atoms with Crippen LogP contribution in [0.1, 0.15) is 0 Å². The van der Waals surface area contributed by atoms with Crippen molar-refractivity contribution in [3.8, 4) is 0 Å². The fraction of sp³-hybridized carbons (Fsp3) is 0. The Labute approximate surface area is 156 Å². The molecule has 0 heterocycles. The second kappa shape index (κ2) is 7.33. The van der Waals surface area contributed by atoms with Crippen LogP contribution in [0.3, 0.4) is 0 Å². The molecule has 3 aromatic carbocycles. The molecule has 0 bridgehead atoms. The van der Waals surface area contributed by atoms with Gasteiger partial charge >= 0.3 is 29.6 Å². The predicted octanol–water partition coefficient (Wildman–Crippen LogP) is 1.16. The van der Waals surface area contributed by atoms with Gasteiger partial charge in [-0.2, -0.15) is 5.11 Å². The van der Waals surface area contributed by atoms with E-state index in [4.69, 9.17) is 0 Å². The van der Waals surface area contributed by atoms with E-state index >= 15 is 0 Å². The summed E-state index contributed by atoms with van der Waals surface area (Å²) in [5, 5.41) is 10.3. The third kappa shape index (κ3) is 4.25. The molecule has 0 radical (unpaired) electrons. The molecule has 0 aliphatic rings. The van der Waals surface area contributed by atoms with Gasteiger partial charge in [0.25, 0.3) is 0 Å². The summed E-state index contributed by atoms with van der Waals surface area (Å²) in [6.45, 7) is 0. The average Bonchev–Trinajstić information content (AvgIpc) is 2.52.